The van der Waals surface area contributed by atoms with Crippen LogP contribution >= 0.6 is 0 Å². The van der Waals surface area contributed by atoms with E-state index in [1.165, 1.54) is 71.9 Å². The fraction of sp³-hybridized carbons (Fsp3) is 0.333. The van der Waals surface area contributed by atoms with Crippen molar-refractivity contribution in [2.24, 2.45) is 28.2 Å². The van der Waals surface area contributed by atoms with Crippen LogP contribution in [-0.2, 0) is 28.2 Å². The fourth-order valence-electron chi connectivity index (χ4n) is 15.3. The van der Waals surface area contributed by atoms with E-state index in [0.29, 0.717) is 116 Å². The van der Waals surface area contributed by atoms with Crippen LogP contribution in [0.25, 0.3) is 152 Å². The predicted molar refractivity (Wildman–Crippen MR) is 497 cm³/mol. The lowest BCUT2D eigenvalue weighted by atomic mass is 9.95. The highest BCUT2D eigenvalue weighted by atomic mass is 16.3. The Morgan fingerprint density at radius 2 is 0.492 bits per heavy atom. The molecule has 12 heteroatoms. The molecule has 16 rings (SSSR count). The second-order valence-corrected chi connectivity index (χ2v) is 31.5. The van der Waals surface area contributed by atoms with E-state index in [-0.39, 0.29) is 103 Å². The summed E-state index contributed by atoms with van der Waals surface area (Å²) in [5, 5.41) is 4.62. The first kappa shape index (κ1) is 54.6. The molecule has 0 spiro atoms. The van der Waals surface area contributed by atoms with E-state index < -0.39 is 88.3 Å². The molecule has 0 aliphatic rings. The van der Waals surface area contributed by atoms with Crippen LogP contribution < -0.4 is 18.3 Å². The standard InChI is InChI=1S/4C27H29N2O/c4*1-15(2)19-11-18(6)29(8)24(14-19)25-17(5)9-10-21-22-12-20(16(3)4)13-23(28-7)26(22)30-27(21)25/h4*9-16H,1-6,8H3/q4*+1/i1D3,3D3,11D,14D,15D,16D;3D3,11D,14D,15D,16D;1D3,3D3,15D,16D;3D3,15D,16D. The van der Waals surface area contributed by atoms with Gasteiger partial charge in [-0.15, -0.1) is 0 Å². The minimum Gasteiger partial charge on any atom is -0.466 e. The van der Waals surface area contributed by atoms with Gasteiger partial charge in [0, 0.05) is 155 Å². The Hall–Kier alpha value is -12.5. The number of benzene rings is 8. The van der Waals surface area contributed by atoms with Gasteiger partial charge in [0.05, 0.1) is 54.0 Å². The number of rotatable bonds is 12. The summed E-state index contributed by atoms with van der Waals surface area (Å²) in [6.45, 7) is 44.7. The van der Waals surface area contributed by atoms with Gasteiger partial charge in [-0.3, -0.25) is 0 Å². The molecule has 0 saturated heterocycles. The summed E-state index contributed by atoms with van der Waals surface area (Å²) in [4.78, 5) is 14.3. The average Bonchev–Trinajstić information content (AvgIpc) is 1.77. The molecule has 0 bridgehead atoms. The maximum atomic E-state index is 9.08. The predicted octanol–water partition coefficient (Wildman–Crippen LogP) is 30.0. The summed E-state index contributed by atoms with van der Waals surface area (Å²) in [6.07, 6.45) is 0. The molecule has 6 atom stereocenters. The number of furan rings is 4. The number of hydrogen-bond donors (Lipinski definition) is 0. The second kappa shape index (κ2) is 33.7. The van der Waals surface area contributed by atoms with Crippen molar-refractivity contribution in [2.45, 2.75) is 213 Å². The van der Waals surface area contributed by atoms with E-state index >= 15 is 0 Å². The highest BCUT2D eigenvalue weighted by molar-refractivity contribution is 6.17. The summed E-state index contributed by atoms with van der Waals surface area (Å²) in [6, 6.07) is 34.0. The van der Waals surface area contributed by atoms with Gasteiger partial charge < -0.3 is 17.7 Å². The van der Waals surface area contributed by atoms with Crippen molar-refractivity contribution in [3.8, 4) is 45.0 Å². The van der Waals surface area contributed by atoms with Crippen LogP contribution in [0.15, 0.2) is 163 Å². The van der Waals surface area contributed by atoms with Gasteiger partial charge in [0.25, 0.3) is 0 Å². The highest BCUT2D eigenvalue weighted by Crippen LogP contribution is 2.48. The Bertz CT molecular complexity index is 8500. The average molecular weight is 1620 g/mol. The van der Waals surface area contributed by atoms with Gasteiger partial charge in [-0.05, 0) is 168 Å². The van der Waals surface area contributed by atoms with Crippen LogP contribution in [0.4, 0.5) is 22.7 Å². The monoisotopic (exact) mass is 1620 g/mol. The first-order chi connectivity index (χ1) is 68.5. The van der Waals surface area contributed by atoms with Crippen molar-refractivity contribution in [1.82, 2.24) is 0 Å². The van der Waals surface area contributed by atoms with Crippen LogP contribution in [0.3, 0.4) is 0 Å². The molecule has 8 aromatic heterocycles. The van der Waals surface area contributed by atoms with Crippen molar-refractivity contribution in [2.75, 3.05) is 0 Å². The molecule has 8 aromatic carbocycles. The minimum absolute atomic E-state index is 0.0324. The summed E-state index contributed by atoms with van der Waals surface area (Å²) >= 11 is 0. The van der Waals surface area contributed by atoms with Crippen LogP contribution in [0, 0.1) is 81.7 Å². The van der Waals surface area contributed by atoms with E-state index in [9.17, 15) is 0 Å². The number of pyridine rings is 4. The van der Waals surface area contributed by atoms with Gasteiger partial charge in [0.15, 0.2) is 22.8 Å². The van der Waals surface area contributed by atoms with Crippen LogP contribution in [-0.4, -0.2) is 0 Å². The molecule has 0 fully saturated rings. The number of hydrogen-bond acceptors (Lipinski definition) is 4. The molecule has 0 radical (unpaired) electrons. The number of aryl methyl sites for hydroxylation is 6. The number of fused-ring (bicyclic) bond motifs is 12. The van der Waals surface area contributed by atoms with Crippen molar-refractivity contribution in [1.29, 1.82) is 0 Å². The molecule has 6 unspecified atom stereocenters. The van der Waals surface area contributed by atoms with E-state index in [2.05, 4.69) is 23.9 Å². The van der Waals surface area contributed by atoms with Crippen molar-refractivity contribution < 1.29 is 77.1 Å². The molecule has 12 nitrogen and oxygen atoms in total. The van der Waals surface area contributed by atoms with Gasteiger partial charge in [0.2, 0.25) is 45.5 Å². The topological polar surface area (TPSA) is 85.5 Å². The van der Waals surface area contributed by atoms with Crippen LogP contribution in [0.2, 0.25) is 0 Å². The summed E-state index contributed by atoms with van der Waals surface area (Å²) in [5.74, 6) is -13.8. The first-order valence-electron chi connectivity index (χ1n) is 54.1. The van der Waals surface area contributed by atoms with E-state index in [4.69, 9.17) is 85.1 Å². The van der Waals surface area contributed by atoms with E-state index in [0.717, 1.165) is 50.3 Å². The Balaban J connectivity index is 0.000000167. The lowest BCUT2D eigenvalue weighted by Crippen LogP contribution is -2.35. The van der Waals surface area contributed by atoms with Gasteiger partial charge in [-0.2, -0.15) is 18.3 Å². The maximum absolute atomic E-state index is 9.08. The molecular weight excluding hydrogens is 1470 g/mol. The molecule has 16 aromatic rings. The quantitative estimate of drug-likeness (QED) is 0.0901. The number of aromatic nitrogens is 4. The molecular formula is C108H116N8O4+4. The lowest BCUT2D eigenvalue weighted by Gasteiger charge is -2.11. The van der Waals surface area contributed by atoms with Crippen molar-refractivity contribution >= 4 is 111 Å². The smallest absolute Gasteiger partial charge is 0.229 e. The van der Waals surface area contributed by atoms with Crippen LogP contribution in [0.1, 0.15) is 288 Å². The largest absolute Gasteiger partial charge is 0.466 e. The van der Waals surface area contributed by atoms with Crippen molar-refractivity contribution in [3.05, 3.63) is 281 Å². The Morgan fingerprint density at radius 1 is 0.267 bits per heavy atom. The third-order valence-electron chi connectivity index (χ3n) is 22.7. The summed E-state index contributed by atoms with van der Waals surface area (Å²) < 4.78 is 278. The molecule has 608 valence electrons. The fourth-order valence-corrected chi connectivity index (χ4v) is 15.3. The van der Waals surface area contributed by atoms with Crippen molar-refractivity contribution in [3.63, 3.8) is 0 Å². The Morgan fingerprint density at radius 3 is 0.742 bits per heavy atom. The molecule has 0 saturated carbocycles. The Kier molecular flexibility index (Phi) is 15.3. The molecule has 8 heterocycles. The number of nitrogens with zero attached hydrogens (tertiary/aromatic N) is 8. The zero-order valence-electron chi connectivity index (χ0n) is 102. The molecule has 0 aliphatic carbocycles. The van der Waals surface area contributed by atoms with Gasteiger partial charge in [0.1, 0.15) is 72.9 Å². The maximum Gasteiger partial charge on any atom is 0.229 e. The van der Waals surface area contributed by atoms with Gasteiger partial charge >= 0.3 is 0 Å². The summed E-state index contributed by atoms with van der Waals surface area (Å²) in [5.41, 5.74) is 16.2. The van der Waals surface area contributed by atoms with Crippen LogP contribution in [0.5, 0.6) is 0 Å². The lowest BCUT2D eigenvalue weighted by molar-refractivity contribution is -0.666. The van der Waals surface area contributed by atoms with Gasteiger partial charge in [-0.25, -0.2) is 19.4 Å². The first-order valence-corrected chi connectivity index (χ1v) is 39.1. The minimum atomic E-state index is -2.81. The molecule has 120 heavy (non-hydrogen) atoms. The summed E-state index contributed by atoms with van der Waals surface area (Å²) in [7, 11) is 7.23. The SMILES string of the molecule is [2H]C(C)(C)c1cc(C)[n+](C)c(-c2c(C)ccc3c2oc2c([N+]#[C-])cc(C([2H])(C)C([2H])([2H])[2H])cc23)c1.[2H]C([2H])([2H])C([2H])(C)c1cc(C)[n+](C)c(-c2c(C)ccc3c2oc2c([N+]#[C-])cc(C([2H])(C)C([2H])([2H])[2H])cc23)c1.[2H]c1c(C([2H])(C)C([2H])([2H])[2H])c([2H])c(-c2c(C)ccc3c2oc2c([N+]#[C-])cc(C([2H])(C)C([2H])([2H])[2H])cc23)[n+](C)c1C.[2H]c1c(C([2H])(C)C)c([2H])c(-c2c(C)ccc3c2oc2c([N+]#[C-])cc(C([2H])(C)C([2H])([2H])[2H])cc23)[n+](C)c1C. The molecule has 0 aliphatic heterocycles. The zero-order valence-corrected chi connectivity index (χ0v) is 71.8. The molecule has 0 amide bonds. The third kappa shape index (κ3) is 15.6. The highest BCUT2D eigenvalue weighted by Gasteiger charge is 2.31. The normalized spacial score (nSPS) is 19.1. The third-order valence-corrected chi connectivity index (χ3v) is 22.7. The Labute approximate surface area is 751 Å². The van der Waals surface area contributed by atoms with Gasteiger partial charge in [-0.1, -0.05) is 181 Å². The van der Waals surface area contributed by atoms with E-state index in [1.54, 1.807) is 100 Å². The van der Waals surface area contributed by atoms with E-state index in [1.807, 2.05) is 116 Å². The molecule has 0 N–H and O–H groups in total. The second-order valence-electron chi connectivity index (χ2n) is 31.5. The zero-order chi connectivity index (χ0) is 113.